The molecule has 1 aliphatic rings. The fourth-order valence-electron chi connectivity index (χ4n) is 2.19. The van der Waals surface area contributed by atoms with Gasteiger partial charge in [0.1, 0.15) is 0 Å². The maximum atomic E-state index is 11.8. The van der Waals surface area contributed by atoms with E-state index in [9.17, 15) is 4.79 Å². The number of nitrogens with one attached hydrogen (secondary N) is 2. The lowest BCUT2D eigenvalue weighted by molar-refractivity contribution is -0.116. The Morgan fingerprint density at radius 1 is 1.56 bits per heavy atom. The normalized spacial score (nSPS) is 18.9. The highest BCUT2D eigenvalue weighted by Crippen LogP contribution is 2.21. The first-order chi connectivity index (χ1) is 8.65. The number of carbonyl (C=O) groups is 1. The zero-order valence-corrected chi connectivity index (χ0v) is 12.2. The zero-order valence-electron chi connectivity index (χ0n) is 10.6. The number of carbonyl (C=O) groups excluding carboxylic acids is 1. The summed E-state index contributed by atoms with van der Waals surface area (Å²) in [6.07, 6.45) is 2.78. The number of halogens is 1. The largest absolute Gasteiger partial charge is 0.326 e. The molecule has 1 aromatic rings. The molecule has 0 saturated carbocycles. The molecule has 1 atom stereocenters. The lowest BCUT2D eigenvalue weighted by Gasteiger charge is -2.09. The Kier molecular flexibility index (Phi) is 4.78. The summed E-state index contributed by atoms with van der Waals surface area (Å²) < 4.78 is 1.03. The molecule has 0 radical (unpaired) electrons. The number of rotatable bonds is 4. The second-order valence-electron chi connectivity index (χ2n) is 4.91. The number of hydrogen-bond donors (Lipinski definition) is 2. The van der Waals surface area contributed by atoms with Crippen molar-refractivity contribution in [2.24, 2.45) is 5.92 Å². The van der Waals surface area contributed by atoms with Gasteiger partial charge in [0.15, 0.2) is 0 Å². The fraction of sp³-hybridized carbons (Fsp3) is 0.500. The molecular weight excluding hydrogens is 292 g/mol. The molecule has 0 spiro atoms. The third-order valence-corrected chi connectivity index (χ3v) is 4.25. The maximum Gasteiger partial charge on any atom is 0.224 e. The quantitative estimate of drug-likeness (QED) is 0.897. The van der Waals surface area contributed by atoms with E-state index in [1.807, 2.05) is 25.1 Å². The summed E-state index contributed by atoms with van der Waals surface area (Å²) in [5.74, 6) is 0.776. The van der Waals surface area contributed by atoms with Crippen LogP contribution in [0.5, 0.6) is 0 Å². The lowest BCUT2D eigenvalue weighted by Crippen LogP contribution is -2.15. The third kappa shape index (κ3) is 3.82. The van der Waals surface area contributed by atoms with Crippen LogP contribution in [0, 0.1) is 12.8 Å². The number of amides is 1. The molecule has 98 valence electrons. The number of benzene rings is 1. The molecule has 1 fully saturated rings. The molecular formula is C14H19BrN2O. The van der Waals surface area contributed by atoms with Crippen molar-refractivity contribution in [3.05, 3.63) is 28.2 Å². The van der Waals surface area contributed by atoms with Crippen molar-refractivity contribution in [2.75, 3.05) is 18.4 Å². The van der Waals surface area contributed by atoms with E-state index in [0.29, 0.717) is 12.3 Å². The average molecular weight is 311 g/mol. The number of aryl methyl sites for hydroxylation is 1. The van der Waals surface area contributed by atoms with Gasteiger partial charge in [-0.05, 0) is 56.5 Å². The predicted molar refractivity (Wildman–Crippen MR) is 77.7 cm³/mol. The Labute approximate surface area is 116 Å². The van der Waals surface area contributed by atoms with Crippen LogP contribution in [0.25, 0.3) is 0 Å². The Balaban J connectivity index is 1.80. The first-order valence-corrected chi connectivity index (χ1v) is 7.21. The Morgan fingerprint density at radius 2 is 2.39 bits per heavy atom. The topological polar surface area (TPSA) is 41.1 Å². The van der Waals surface area contributed by atoms with Gasteiger partial charge in [-0.2, -0.15) is 0 Å². The second kappa shape index (κ2) is 6.34. The first-order valence-electron chi connectivity index (χ1n) is 6.42. The van der Waals surface area contributed by atoms with Crippen LogP contribution in [0.1, 0.15) is 24.8 Å². The minimum Gasteiger partial charge on any atom is -0.326 e. The van der Waals surface area contributed by atoms with Crippen molar-refractivity contribution in [2.45, 2.75) is 26.2 Å². The van der Waals surface area contributed by atoms with Crippen LogP contribution in [0.15, 0.2) is 22.7 Å². The molecule has 3 nitrogen and oxygen atoms in total. The van der Waals surface area contributed by atoms with Gasteiger partial charge >= 0.3 is 0 Å². The molecule has 1 unspecified atom stereocenters. The number of hydrogen-bond acceptors (Lipinski definition) is 2. The van der Waals surface area contributed by atoms with Gasteiger partial charge in [0.2, 0.25) is 5.91 Å². The van der Waals surface area contributed by atoms with Crippen molar-refractivity contribution in [3.63, 3.8) is 0 Å². The van der Waals surface area contributed by atoms with E-state index in [4.69, 9.17) is 0 Å². The van der Waals surface area contributed by atoms with Crippen molar-refractivity contribution < 1.29 is 4.79 Å². The van der Waals surface area contributed by atoms with Gasteiger partial charge in [-0.15, -0.1) is 0 Å². The van der Waals surface area contributed by atoms with E-state index < -0.39 is 0 Å². The van der Waals surface area contributed by atoms with Crippen LogP contribution in [-0.2, 0) is 4.79 Å². The van der Waals surface area contributed by atoms with Crippen LogP contribution >= 0.6 is 15.9 Å². The molecule has 1 heterocycles. The summed E-state index contributed by atoms with van der Waals surface area (Å²) >= 11 is 3.47. The monoisotopic (exact) mass is 310 g/mol. The standard InChI is InChI=1S/C14H19BrN2O/c1-10-2-4-12(8-13(10)15)17-14(18)5-3-11-6-7-16-9-11/h2,4,8,11,16H,3,5-7,9H2,1H3,(H,17,18). The molecule has 0 bridgehead atoms. The molecule has 0 aromatic heterocycles. The highest BCUT2D eigenvalue weighted by atomic mass is 79.9. The molecule has 1 saturated heterocycles. The van der Waals surface area contributed by atoms with Gasteiger partial charge in [0, 0.05) is 16.6 Å². The molecule has 2 rings (SSSR count). The van der Waals surface area contributed by atoms with Crippen molar-refractivity contribution in [1.82, 2.24) is 5.32 Å². The Bertz CT molecular complexity index is 428. The van der Waals surface area contributed by atoms with Gasteiger partial charge < -0.3 is 10.6 Å². The van der Waals surface area contributed by atoms with E-state index in [1.54, 1.807) is 0 Å². The van der Waals surface area contributed by atoms with Crippen molar-refractivity contribution >= 4 is 27.5 Å². The van der Waals surface area contributed by atoms with E-state index in [2.05, 4.69) is 26.6 Å². The van der Waals surface area contributed by atoms with E-state index in [0.717, 1.165) is 29.7 Å². The SMILES string of the molecule is Cc1ccc(NC(=O)CCC2CCNC2)cc1Br. The molecule has 0 aliphatic carbocycles. The summed E-state index contributed by atoms with van der Waals surface area (Å²) in [7, 11) is 0. The smallest absolute Gasteiger partial charge is 0.224 e. The van der Waals surface area contributed by atoms with E-state index in [1.165, 1.54) is 12.0 Å². The molecule has 1 amide bonds. The van der Waals surface area contributed by atoms with E-state index in [-0.39, 0.29) is 5.91 Å². The van der Waals surface area contributed by atoms with Crippen molar-refractivity contribution in [3.8, 4) is 0 Å². The average Bonchev–Trinajstić information content (AvgIpc) is 2.84. The maximum absolute atomic E-state index is 11.8. The first kappa shape index (κ1) is 13.6. The van der Waals surface area contributed by atoms with Gasteiger partial charge in [-0.25, -0.2) is 0 Å². The molecule has 18 heavy (non-hydrogen) atoms. The minimum absolute atomic E-state index is 0.109. The highest BCUT2D eigenvalue weighted by Gasteiger charge is 2.15. The van der Waals surface area contributed by atoms with Crippen LogP contribution in [0.2, 0.25) is 0 Å². The lowest BCUT2D eigenvalue weighted by atomic mass is 10.0. The second-order valence-corrected chi connectivity index (χ2v) is 5.76. The molecule has 4 heteroatoms. The van der Waals surface area contributed by atoms with Crippen LogP contribution < -0.4 is 10.6 Å². The Morgan fingerprint density at radius 3 is 3.06 bits per heavy atom. The summed E-state index contributed by atoms with van der Waals surface area (Å²) in [5.41, 5.74) is 2.03. The van der Waals surface area contributed by atoms with Gasteiger partial charge in [-0.1, -0.05) is 22.0 Å². The summed E-state index contributed by atoms with van der Waals surface area (Å²) in [5, 5.41) is 6.27. The Hall–Kier alpha value is -0.870. The summed E-state index contributed by atoms with van der Waals surface area (Å²) in [4.78, 5) is 11.8. The van der Waals surface area contributed by atoms with E-state index >= 15 is 0 Å². The molecule has 2 N–H and O–H groups in total. The molecule has 1 aliphatic heterocycles. The van der Waals surface area contributed by atoms with Crippen LogP contribution in [-0.4, -0.2) is 19.0 Å². The predicted octanol–water partition coefficient (Wildman–Crippen LogP) is 3.09. The van der Waals surface area contributed by atoms with Gasteiger partial charge in [0.25, 0.3) is 0 Å². The van der Waals surface area contributed by atoms with Gasteiger partial charge in [0.05, 0.1) is 0 Å². The van der Waals surface area contributed by atoms with Crippen LogP contribution in [0.3, 0.4) is 0 Å². The third-order valence-electron chi connectivity index (χ3n) is 3.40. The summed E-state index contributed by atoms with van der Waals surface area (Å²) in [6.45, 7) is 4.18. The number of anilines is 1. The fourth-order valence-corrected chi connectivity index (χ4v) is 2.57. The van der Waals surface area contributed by atoms with Crippen molar-refractivity contribution in [1.29, 1.82) is 0 Å². The highest BCUT2D eigenvalue weighted by molar-refractivity contribution is 9.10. The van der Waals surface area contributed by atoms with Crippen LogP contribution in [0.4, 0.5) is 5.69 Å². The summed E-state index contributed by atoms with van der Waals surface area (Å²) in [6, 6.07) is 5.89. The van der Waals surface area contributed by atoms with Gasteiger partial charge in [-0.3, -0.25) is 4.79 Å². The zero-order chi connectivity index (χ0) is 13.0. The minimum atomic E-state index is 0.109. The molecule has 1 aromatic carbocycles.